The first kappa shape index (κ1) is 10.5. The Balaban J connectivity index is 1.98. The number of likely N-dealkylation sites (tertiary alicyclic amines) is 1. The summed E-state index contributed by atoms with van der Waals surface area (Å²) in [5.74, 6) is 0.964. The van der Waals surface area contributed by atoms with Crippen molar-refractivity contribution >= 4 is 5.91 Å². The molecule has 0 aromatic heterocycles. The number of hydrogen-bond acceptors (Lipinski definition) is 2. The fourth-order valence-electron chi connectivity index (χ4n) is 2.57. The maximum Gasteiger partial charge on any atom is 0.226 e. The standard InChI is InChI=1S/C12H20N2O/c1-2-11(10-5-6-13-9-10)12(15)14-7-3-4-8-14/h5-6,10-11,13H,2-4,7-9H2,1H3/t10-,11?/m0/s1. The second kappa shape index (κ2) is 4.69. The number of nitrogens with one attached hydrogen (secondary N) is 1. The van der Waals surface area contributed by atoms with Gasteiger partial charge in [-0.15, -0.1) is 0 Å². The molecule has 0 saturated carbocycles. The van der Waals surface area contributed by atoms with Gasteiger partial charge in [0.1, 0.15) is 0 Å². The molecule has 15 heavy (non-hydrogen) atoms. The fraction of sp³-hybridized carbons (Fsp3) is 0.750. The van der Waals surface area contributed by atoms with Gasteiger partial charge in [0.2, 0.25) is 5.91 Å². The molecule has 3 heteroatoms. The van der Waals surface area contributed by atoms with Crippen LogP contribution in [0.1, 0.15) is 26.2 Å². The Labute approximate surface area is 91.5 Å². The first-order valence-corrected chi connectivity index (χ1v) is 6.01. The average molecular weight is 208 g/mol. The van der Waals surface area contributed by atoms with E-state index >= 15 is 0 Å². The van der Waals surface area contributed by atoms with Crippen LogP contribution in [0.15, 0.2) is 12.3 Å². The SMILES string of the molecule is CCC(C(=O)N1CCCC1)[C@H]1C=CNC1. The van der Waals surface area contributed by atoms with Crippen LogP contribution in [-0.4, -0.2) is 30.4 Å². The summed E-state index contributed by atoms with van der Waals surface area (Å²) < 4.78 is 0. The lowest BCUT2D eigenvalue weighted by atomic mass is 9.90. The average Bonchev–Trinajstić information content (AvgIpc) is 2.91. The molecule has 2 aliphatic heterocycles. The summed E-state index contributed by atoms with van der Waals surface area (Å²) in [6.07, 6.45) is 7.43. The minimum absolute atomic E-state index is 0.189. The Bertz CT molecular complexity index is 256. The predicted molar refractivity (Wildman–Crippen MR) is 60.2 cm³/mol. The van der Waals surface area contributed by atoms with Gasteiger partial charge in [0.05, 0.1) is 0 Å². The third-order valence-corrected chi connectivity index (χ3v) is 3.51. The monoisotopic (exact) mass is 208 g/mol. The zero-order chi connectivity index (χ0) is 10.7. The van der Waals surface area contributed by atoms with Crippen molar-refractivity contribution in [1.29, 1.82) is 0 Å². The first-order chi connectivity index (χ1) is 7.33. The number of carbonyl (C=O) groups excluding carboxylic acids is 1. The van der Waals surface area contributed by atoms with Crippen LogP contribution in [0.3, 0.4) is 0 Å². The Morgan fingerprint density at radius 1 is 1.53 bits per heavy atom. The molecule has 2 atom stereocenters. The van der Waals surface area contributed by atoms with E-state index < -0.39 is 0 Å². The van der Waals surface area contributed by atoms with E-state index in [4.69, 9.17) is 0 Å². The smallest absolute Gasteiger partial charge is 0.226 e. The van der Waals surface area contributed by atoms with Crippen molar-refractivity contribution in [3.05, 3.63) is 12.3 Å². The van der Waals surface area contributed by atoms with E-state index in [-0.39, 0.29) is 5.92 Å². The van der Waals surface area contributed by atoms with Crippen molar-refractivity contribution in [2.45, 2.75) is 26.2 Å². The van der Waals surface area contributed by atoms with Crippen LogP contribution in [0.4, 0.5) is 0 Å². The highest BCUT2D eigenvalue weighted by Gasteiger charge is 2.31. The molecule has 0 radical (unpaired) electrons. The Kier molecular flexibility index (Phi) is 3.29. The fourth-order valence-corrected chi connectivity index (χ4v) is 2.57. The van der Waals surface area contributed by atoms with E-state index in [1.807, 2.05) is 11.1 Å². The van der Waals surface area contributed by atoms with Gasteiger partial charge in [0.15, 0.2) is 0 Å². The highest BCUT2D eigenvalue weighted by Crippen LogP contribution is 2.23. The molecule has 1 saturated heterocycles. The minimum Gasteiger partial charge on any atom is -0.391 e. The predicted octanol–water partition coefficient (Wildman–Crippen LogP) is 1.37. The highest BCUT2D eigenvalue weighted by molar-refractivity contribution is 5.79. The largest absolute Gasteiger partial charge is 0.391 e. The Morgan fingerprint density at radius 3 is 2.80 bits per heavy atom. The molecule has 2 aliphatic rings. The quantitative estimate of drug-likeness (QED) is 0.759. The third kappa shape index (κ3) is 2.16. The number of amides is 1. The van der Waals surface area contributed by atoms with Crippen molar-refractivity contribution in [3.8, 4) is 0 Å². The van der Waals surface area contributed by atoms with Gasteiger partial charge in [-0.05, 0) is 25.5 Å². The van der Waals surface area contributed by atoms with Gasteiger partial charge in [-0.1, -0.05) is 13.0 Å². The molecule has 1 amide bonds. The van der Waals surface area contributed by atoms with Crippen LogP contribution in [0.2, 0.25) is 0 Å². The Morgan fingerprint density at radius 2 is 2.27 bits per heavy atom. The molecule has 1 fully saturated rings. The second-order valence-corrected chi connectivity index (χ2v) is 4.48. The lowest BCUT2D eigenvalue weighted by Crippen LogP contribution is -2.37. The molecule has 0 aliphatic carbocycles. The van der Waals surface area contributed by atoms with Crippen LogP contribution < -0.4 is 5.32 Å². The minimum atomic E-state index is 0.189. The molecule has 0 spiro atoms. The molecule has 0 bridgehead atoms. The molecule has 1 unspecified atom stereocenters. The summed E-state index contributed by atoms with van der Waals surface area (Å²) in [5, 5.41) is 3.18. The summed E-state index contributed by atoms with van der Waals surface area (Å²) in [4.78, 5) is 14.3. The maximum absolute atomic E-state index is 12.2. The van der Waals surface area contributed by atoms with Crippen molar-refractivity contribution in [1.82, 2.24) is 10.2 Å². The topological polar surface area (TPSA) is 32.3 Å². The zero-order valence-corrected chi connectivity index (χ0v) is 9.41. The zero-order valence-electron chi connectivity index (χ0n) is 9.41. The molecule has 3 nitrogen and oxygen atoms in total. The van der Waals surface area contributed by atoms with Crippen molar-refractivity contribution in [2.24, 2.45) is 11.8 Å². The van der Waals surface area contributed by atoms with E-state index in [0.29, 0.717) is 11.8 Å². The van der Waals surface area contributed by atoms with Gasteiger partial charge in [-0.25, -0.2) is 0 Å². The molecule has 0 aromatic carbocycles. The van der Waals surface area contributed by atoms with Gasteiger partial charge in [0.25, 0.3) is 0 Å². The lowest BCUT2D eigenvalue weighted by molar-refractivity contribution is -0.135. The molecular formula is C12H20N2O. The van der Waals surface area contributed by atoms with Crippen LogP contribution in [0, 0.1) is 11.8 Å². The van der Waals surface area contributed by atoms with E-state index in [1.165, 1.54) is 12.8 Å². The van der Waals surface area contributed by atoms with E-state index in [9.17, 15) is 4.79 Å². The van der Waals surface area contributed by atoms with Crippen LogP contribution in [0.5, 0.6) is 0 Å². The lowest BCUT2D eigenvalue weighted by Gasteiger charge is -2.25. The molecule has 0 aromatic rings. The van der Waals surface area contributed by atoms with Gasteiger partial charge in [0, 0.05) is 31.5 Å². The van der Waals surface area contributed by atoms with Gasteiger partial charge >= 0.3 is 0 Å². The number of rotatable bonds is 3. The number of hydrogen-bond donors (Lipinski definition) is 1. The van der Waals surface area contributed by atoms with Crippen LogP contribution >= 0.6 is 0 Å². The molecule has 2 rings (SSSR count). The van der Waals surface area contributed by atoms with Gasteiger partial charge < -0.3 is 10.2 Å². The van der Waals surface area contributed by atoms with Crippen molar-refractivity contribution in [3.63, 3.8) is 0 Å². The van der Waals surface area contributed by atoms with Crippen LogP contribution in [-0.2, 0) is 4.79 Å². The normalized spacial score (nSPS) is 26.7. The van der Waals surface area contributed by atoms with E-state index in [1.54, 1.807) is 0 Å². The summed E-state index contributed by atoms with van der Waals surface area (Å²) in [5.41, 5.74) is 0. The molecular weight excluding hydrogens is 188 g/mol. The molecule has 84 valence electrons. The summed E-state index contributed by atoms with van der Waals surface area (Å²) >= 11 is 0. The third-order valence-electron chi connectivity index (χ3n) is 3.51. The number of carbonyl (C=O) groups is 1. The van der Waals surface area contributed by atoms with Crippen molar-refractivity contribution in [2.75, 3.05) is 19.6 Å². The summed E-state index contributed by atoms with van der Waals surface area (Å²) in [6.45, 7) is 4.99. The maximum atomic E-state index is 12.2. The van der Waals surface area contributed by atoms with E-state index in [2.05, 4.69) is 18.3 Å². The highest BCUT2D eigenvalue weighted by atomic mass is 16.2. The number of nitrogens with zero attached hydrogens (tertiary/aromatic N) is 1. The Hall–Kier alpha value is -0.990. The first-order valence-electron chi connectivity index (χ1n) is 6.01. The molecule has 2 heterocycles. The van der Waals surface area contributed by atoms with Gasteiger partial charge in [-0.2, -0.15) is 0 Å². The second-order valence-electron chi connectivity index (χ2n) is 4.48. The van der Waals surface area contributed by atoms with Gasteiger partial charge in [-0.3, -0.25) is 4.79 Å². The van der Waals surface area contributed by atoms with Crippen molar-refractivity contribution < 1.29 is 4.79 Å². The molecule has 1 N–H and O–H groups in total. The summed E-state index contributed by atoms with van der Waals surface area (Å²) in [7, 11) is 0. The summed E-state index contributed by atoms with van der Waals surface area (Å²) in [6, 6.07) is 0. The van der Waals surface area contributed by atoms with Crippen LogP contribution in [0.25, 0.3) is 0 Å². The van der Waals surface area contributed by atoms with E-state index in [0.717, 1.165) is 26.1 Å².